The molecule has 0 amide bonds. The van der Waals surface area contributed by atoms with E-state index in [2.05, 4.69) is 6.58 Å². The molecule has 0 unspecified atom stereocenters. The Balaban J connectivity index is 0.00000109. The van der Waals surface area contributed by atoms with Crippen molar-refractivity contribution in [3.05, 3.63) is 96.3 Å². The van der Waals surface area contributed by atoms with Gasteiger partial charge in [0.05, 0.1) is 0 Å². The van der Waals surface area contributed by atoms with E-state index in [-0.39, 0.29) is 11.5 Å². The molecule has 0 spiro atoms. The standard InChI is InChI=1S/C21H18O2.C2H6/c1-2-8-18(22)20(16-10-4-3-5-11-16)21-17-12-7-6-9-15(17)13-14-19(21)23;1-2/h2-10,12-14,22-23H,1,11H2;1-2H3/b18-8+,20-16+;. The molecule has 0 bridgehead atoms. The smallest absolute Gasteiger partial charge is 0.124 e. The molecule has 0 fully saturated rings. The third kappa shape index (κ3) is 3.92. The maximum Gasteiger partial charge on any atom is 0.124 e. The fourth-order valence-corrected chi connectivity index (χ4v) is 2.87. The molecule has 2 nitrogen and oxygen atoms in total. The number of aromatic hydroxyl groups is 1. The van der Waals surface area contributed by atoms with E-state index in [0.29, 0.717) is 17.6 Å². The van der Waals surface area contributed by atoms with Crippen LogP contribution >= 0.6 is 0 Å². The Morgan fingerprint density at radius 2 is 1.84 bits per heavy atom. The number of benzene rings is 2. The number of phenols is 1. The van der Waals surface area contributed by atoms with E-state index in [1.807, 2.05) is 68.5 Å². The molecule has 2 aromatic rings. The Hall–Kier alpha value is -3.00. The zero-order chi connectivity index (χ0) is 18.2. The van der Waals surface area contributed by atoms with Crippen molar-refractivity contribution in [2.24, 2.45) is 0 Å². The minimum Gasteiger partial charge on any atom is -0.507 e. The second-order valence-electron chi connectivity index (χ2n) is 5.36. The lowest BCUT2D eigenvalue weighted by atomic mass is 9.89. The number of hydrogen-bond donors (Lipinski definition) is 2. The Bertz CT molecular complexity index is 880. The summed E-state index contributed by atoms with van der Waals surface area (Å²) in [5, 5.41) is 23.0. The molecule has 128 valence electrons. The van der Waals surface area contributed by atoms with E-state index in [9.17, 15) is 10.2 Å². The largest absolute Gasteiger partial charge is 0.507 e. The summed E-state index contributed by atoms with van der Waals surface area (Å²) in [6.45, 7) is 7.65. The molecule has 0 heterocycles. The van der Waals surface area contributed by atoms with Gasteiger partial charge < -0.3 is 10.2 Å². The number of aliphatic hydroxyl groups excluding tert-OH is 1. The molecule has 2 heteroatoms. The summed E-state index contributed by atoms with van der Waals surface area (Å²) in [4.78, 5) is 0. The van der Waals surface area contributed by atoms with Crippen molar-refractivity contribution in [2.75, 3.05) is 0 Å². The highest BCUT2D eigenvalue weighted by molar-refractivity contribution is 6.00. The number of rotatable bonds is 3. The monoisotopic (exact) mass is 332 g/mol. The molecule has 1 aliphatic carbocycles. The van der Waals surface area contributed by atoms with Crippen LogP contribution in [0.25, 0.3) is 16.3 Å². The van der Waals surface area contributed by atoms with E-state index in [1.165, 1.54) is 0 Å². The van der Waals surface area contributed by atoms with Gasteiger partial charge in [0.1, 0.15) is 11.5 Å². The van der Waals surface area contributed by atoms with E-state index in [1.54, 1.807) is 18.2 Å². The van der Waals surface area contributed by atoms with Gasteiger partial charge in [0, 0.05) is 11.1 Å². The van der Waals surface area contributed by atoms with Crippen LogP contribution in [0.15, 0.2) is 90.8 Å². The molecule has 0 radical (unpaired) electrons. The van der Waals surface area contributed by atoms with Crippen LogP contribution in [0.3, 0.4) is 0 Å². The van der Waals surface area contributed by atoms with Crippen LogP contribution in [0.4, 0.5) is 0 Å². The molecule has 3 rings (SSSR count). The van der Waals surface area contributed by atoms with Crippen LogP contribution in [-0.4, -0.2) is 10.2 Å². The van der Waals surface area contributed by atoms with Crippen LogP contribution in [-0.2, 0) is 0 Å². The van der Waals surface area contributed by atoms with E-state index in [4.69, 9.17) is 0 Å². The molecular weight excluding hydrogens is 308 g/mol. The fourth-order valence-electron chi connectivity index (χ4n) is 2.87. The van der Waals surface area contributed by atoms with Gasteiger partial charge in [-0.3, -0.25) is 0 Å². The van der Waals surface area contributed by atoms with Gasteiger partial charge in [-0.25, -0.2) is 0 Å². The van der Waals surface area contributed by atoms with Gasteiger partial charge >= 0.3 is 0 Å². The zero-order valence-electron chi connectivity index (χ0n) is 14.7. The van der Waals surface area contributed by atoms with Crippen LogP contribution in [0.2, 0.25) is 0 Å². The molecule has 2 aromatic carbocycles. The molecule has 1 aliphatic rings. The van der Waals surface area contributed by atoms with Gasteiger partial charge in [-0.2, -0.15) is 0 Å². The summed E-state index contributed by atoms with van der Waals surface area (Å²) in [5.41, 5.74) is 2.24. The zero-order valence-corrected chi connectivity index (χ0v) is 14.7. The number of aliphatic hydroxyl groups is 1. The van der Waals surface area contributed by atoms with Gasteiger partial charge in [0.25, 0.3) is 0 Å². The molecule has 0 aliphatic heterocycles. The highest BCUT2D eigenvalue weighted by atomic mass is 16.3. The fraction of sp³-hybridized carbons (Fsp3) is 0.130. The summed E-state index contributed by atoms with van der Waals surface area (Å²) in [7, 11) is 0. The average Bonchev–Trinajstić information content (AvgIpc) is 2.66. The topological polar surface area (TPSA) is 40.5 Å². The summed E-state index contributed by atoms with van der Waals surface area (Å²) >= 11 is 0. The molecule has 0 saturated carbocycles. The highest BCUT2D eigenvalue weighted by Crippen LogP contribution is 2.39. The SMILES string of the molecule is C=C/C=C(O)\C(=C1\C=CC=CC1)c1c(O)ccc2ccccc12.CC. The Morgan fingerprint density at radius 3 is 2.52 bits per heavy atom. The van der Waals surface area contributed by atoms with Crippen molar-refractivity contribution >= 4 is 16.3 Å². The second kappa shape index (κ2) is 8.74. The third-order valence-corrected chi connectivity index (χ3v) is 3.89. The summed E-state index contributed by atoms with van der Waals surface area (Å²) in [6.07, 6.45) is 11.7. The first-order valence-corrected chi connectivity index (χ1v) is 8.52. The molecular formula is C23H24O2. The second-order valence-corrected chi connectivity index (χ2v) is 5.36. The van der Waals surface area contributed by atoms with E-state index >= 15 is 0 Å². The first-order valence-electron chi connectivity index (χ1n) is 8.52. The number of hydrogen-bond acceptors (Lipinski definition) is 2. The number of phenolic OH excluding ortho intramolecular Hbond substituents is 1. The Kier molecular flexibility index (Phi) is 6.41. The van der Waals surface area contributed by atoms with Crippen LogP contribution < -0.4 is 0 Å². The van der Waals surface area contributed by atoms with Gasteiger partial charge in [-0.15, -0.1) is 0 Å². The van der Waals surface area contributed by atoms with Crippen molar-refractivity contribution in [2.45, 2.75) is 20.3 Å². The van der Waals surface area contributed by atoms with Crippen molar-refractivity contribution in [1.82, 2.24) is 0 Å². The molecule has 0 aromatic heterocycles. The van der Waals surface area contributed by atoms with E-state index in [0.717, 1.165) is 16.3 Å². The average molecular weight is 332 g/mol. The predicted octanol–water partition coefficient (Wildman–Crippen LogP) is 6.47. The third-order valence-electron chi connectivity index (χ3n) is 3.89. The minimum atomic E-state index is 0.0987. The summed E-state index contributed by atoms with van der Waals surface area (Å²) in [6, 6.07) is 11.4. The van der Waals surface area contributed by atoms with Gasteiger partial charge in [0.2, 0.25) is 0 Å². The van der Waals surface area contributed by atoms with Crippen molar-refractivity contribution in [3.8, 4) is 5.75 Å². The van der Waals surface area contributed by atoms with Crippen LogP contribution in [0.1, 0.15) is 25.8 Å². The Morgan fingerprint density at radius 1 is 1.08 bits per heavy atom. The van der Waals surface area contributed by atoms with Crippen molar-refractivity contribution in [1.29, 1.82) is 0 Å². The van der Waals surface area contributed by atoms with Crippen LogP contribution in [0.5, 0.6) is 5.75 Å². The summed E-state index contributed by atoms with van der Waals surface area (Å²) < 4.78 is 0. The maximum absolute atomic E-state index is 10.6. The predicted molar refractivity (Wildman–Crippen MR) is 108 cm³/mol. The Labute approximate surface area is 149 Å². The first kappa shape index (κ1) is 18.3. The lowest BCUT2D eigenvalue weighted by Crippen LogP contribution is -1.97. The highest BCUT2D eigenvalue weighted by Gasteiger charge is 2.18. The first-order chi connectivity index (χ1) is 12.2. The minimum absolute atomic E-state index is 0.0987. The lowest BCUT2D eigenvalue weighted by molar-refractivity contribution is 0.435. The maximum atomic E-state index is 10.6. The van der Waals surface area contributed by atoms with Crippen molar-refractivity contribution < 1.29 is 10.2 Å². The molecule has 0 saturated heterocycles. The van der Waals surface area contributed by atoms with E-state index < -0.39 is 0 Å². The van der Waals surface area contributed by atoms with Crippen LogP contribution in [0, 0.1) is 0 Å². The normalized spacial score (nSPS) is 15.5. The summed E-state index contributed by atoms with van der Waals surface area (Å²) in [5.74, 6) is 0.250. The molecule has 0 atom stereocenters. The molecule has 2 N–H and O–H groups in total. The molecule has 25 heavy (non-hydrogen) atoms. The quantitative estimate of drug-likeness (QED) is 0.499. The van der Waals surface area contributed by atoms with Gasteiger partial charge in [0.15, 0.2) is 0 Å². The van der Waals surface area contributed by atoms with Gasteiger partial charge in [-0.1, -0.05) is 81.1 Å². The lowest BCUT2D eigenvalue weighted by Gasteiger charge is -2.17. The number of fused-ring (bicyclic) bond motifs is 1. The van der Waals surface area contributed by atoms with Crippen molar-refractivity contribution in [3.63, 3.8) is 0 Å². The number of allylic oxidation sites excluding steroid dienone is 8. The van der Waals surface area contributed by atoms with Gasteiger partial charge in [-0.05, 0) is 34.9 Å².